The van der Waals surface area contributed by atoms with E-state index in [1.165, 1.54) is 15.1 Å². The van der Waals surface area contributed by atoms with Gasteiger partial charge in [0.25, 0.3) is 11.5 Å². The van der Waals surface area contributed by atoms with Crippen LogP contribution < -0.4 is 10.9 Å². The Morgan fingerprint density at radius 3 is 2.36 bits per heavy atom. The minimum Gasteiger partial charge on any atom is -0.320 e. The van der Waals surface area contributed by atoms with Crippen LogP contribution in [0.25, 0.3) is 10.8 Å². The molecule has 2 heterocycles. The predicted molar refractivity (Wildman–Crippen MR) is 128 cm³/mol. The van der Waals surface area contributed by atoms with Crippen LogP contribution in [0, 0.1) is 6.92 Å². The topological polar surface area (TPSA) is 101 Å². The standard InChI is InChI=1S/C24H28N4O4S/c1-16(2)28-24(30)20-10-6-5-9-19(20)22(26-28)23(29)25-21-15-18(12-11-17(21)3)33(31,32)27-13-7-4-8-14-27/h5-6,9-12,15-16H,4,7-8,13-14H2,1-3H3,(H,25,29). The van der Waals surface area contributed by atoms with Crippen LogP contribution in [0.3, 0.4) is 0 Å². The number of benzene rings is 2. The molecule has 1 amide bonds. The van der Waals surface area contributed by atoms with Gasteiger partial charge in [0.05, 0.1) is 16.3 Å². The second-order valence-corrected chi connectivity index (χ2v) is 10.6. The van der Waals surface area contributed by atoms with Crippen molar-refractivity contribution < 1.29 is 13.2 Å². The summed E-state index contributed by atoms with van der Waals surface area (Å²) < 4.78 is 29.0. The summed E-state index contributed by atoms with van der Waals surface area (Å²) in [6.07, 6.45) is 2.72. The van der Waals surface area contributed by atoms with Gasteiger partial charge in [-0.05, 0) is 57.4 Å². The maximum Gasteiger partial charge on any atom is 0.276 e. The summed E-state index contributed by atoms with van der Waals surface area (Å²) in [6.45, 7) is 6.45. The number of amides is 1. The van der Waals surface area contributed by atoms with Crippen LogP contribution in [-0.2, 0) is 10.0 Å². The van der Waals surface area contributed by atoms with E-state index in [-0.39, 0.29) is 22.2 Å². The molecule has 174 valence electrons. The Labute approximate surface area is 193 Å². The largest absolute Gasteiger partial charge is 0.320 e. The highest BCUT2D eigenvalue weighted by atomic mass is 32.2. The lowest BCUT2D eigenvalue weighted by Gasteiger charge is -2.26. The molecule has 1 N–H and O–H groups in total. The average Bonchev–Trinajstić information content (AvgIpc) is 2.81. The van der Waals surface area contributed by atoms with Crippen LogP contribution >= 0.6 is 0 Å². The summed E-state index contributed by atoms with van der Waals surface area (Å²) >= 11 is 0. The van der Waals surface area contributed by atoms with E-state index in [9.17, 15) is 18.0 Å². The number of hydrogen-bond donors (Lipinski definition) is 1. The Morgan fingerprint density at radius 1 is 1.03 bits per heavy atom. The molecule has 3 aromatic rings. The van der Waals surface area contributed by atoms with E-state index >= 15 is 0 Å². The summed E-state index contributed by atoms with van der Waals surface area (Å²) in [6, 6.07) is 11.4. The zero-order chi connectivity index (χ0) is 23.8. The molecule has 0 aliphatic carbocycles. The number of aromatic nitrogens is 2. The number of fused-ring (bicyclic) bond motifs is 1. The predicted octanol–water partition coefficient (Wildman–Crippen LogP) is 3.71. The van der Waals surface area contributed by atoms with Crippen molar-refractivity contribution in [1.82, 2.24) is 14.1 Å². The smallest absolute Gasteiger partial charge is 0.276 e. The van der Waals surface area contributed by atoms with Gasteiger partial charge in [-0.15, -0.1) is 0 Å². The maximum absolute atomic E-state index is 13.3. The van der Waals surface area contributed by atoms with Crippen LogP contribution in [0.15, 0.2) is 52.2 Å². The number of carbonyl (C=O) groups is 1. The third kappa shape index (κ3) is 4.43. The zero-order valence-corrected chi connectivity index (χ0v) is 19.9. The molecule has 0 unspecified atom stereocenters. The first-order chi connectivity index (χ1) is 15.7. The van der Waals surface area contributed by atoms with E-state index in [4.69, 9.17) is 0 Å². The Hall–Kier alpha value is -3.04. The number of hydrogen-bond acceptors (Lipinski definition) is 5. The van der Waals surface area contributed by atoms with Gasteiger partial charge >= 0.3 is 0 Å². The third-order valence-corrected chi connectivity index (χ3v) is 7.84. The van der Waals surface area contributed by atoms with Crippen LogP contribution in [0.1, 0.15) is 55.2 Å². The van der Waals surface area contributed by atoms with E-state index in [0.717, 1.165) is 24.8 Å². The first kappa shape index (κ1) is 23.1. The molecule has 1 fully saturated rings. The molecule has 1 aliphatic rings. The summed E-state index contributed by atoms with van der Waals surface area (Å²) in [5, 5.41) is 8.01. The van der Waals surface area contributed by atoms with Crippen molar-refractivity contribution in [3.05, 3.63) is 64.1 Å². The van der Waals surface area contributed by atoms with Crippen molar-refractivity contribution in [3.63, 3.8) is 0 Å². The lowest BCUT2D eigenvalue weighted by Crippen LogP contribution is -2.35. The highest BCUT2D eigenvalue weighted by Gasteiger charge is 2.27. The fraction of sp³-hybridized carbons (Fsp3) is 0.375. The Bertz CT molecular complexity index is 1370. The molecule has 0 spiro atoms. The van der Waals surface area contributed by atoms with Gasteiger partial charge in [0.1, 0.15) is 0 Å². The van der Waals surface area contributed by atoms with Gasteiger partial charge in [-0.1, -0.05) is 30.7 Å². The Kier molecular flexibility index (Phi) is 6.36. The first-order valence-electron chi connectivity index (χ1n) is 11.1. The highest BCUT2D eigenvalue weighted by Crippen LogP contribution is 2.26. The van der Waals surface area contributed by atoms with Crippen molar-refractivity contribution >= 4 is 32.4 Å². The molecule has 0 bridgehead atoms. The lowest BCUT2D eigenvalue weighted by atomic mass is 10.1. The molecule has 2 aromatic carbocycles. The van der Waals surface area contributed by atoms with Crippen LogP contribution in [0.5, 0.6) is 0 Å². The molecule has 1 saturated heterocycles. The number of carbonyl (C=O) groups excluding carboxylic acids is 1. The monoisotopic (exact) mass is 468 g/mol. The Balaban J connectivity index is 1.73. The van der Waals surface area contributed by atoms with Crippen molar-refractivity contribution in [2.75, 3.05) is 18.4 Å². The number of aryl methyl sites for hydroxylation is 1. The zero-order valence-electron chi connectivity index (χ0n) is 19.0. The third-order valence-electron chi connectivity index (χ3n) is 5.94. The van der Waals surface area contributed by atoms with Gasteiger partial charge in [0.15, 0.2) is 5.69 Å². The van der Waals surface area contributed by atoms with Crippen LogP contribution in [-0.4, -0.2) is 41.5 Å². The molecule has 33 heavy (non-hydrogen) atoms. The maximum atomic E-state index is 13.3. The molecule has 9 heteroatoms. The second-order valence-electron chi connectivity index (χ2n) is 8.63. The molecule has 0 atom stereocenters. The minimum absolute atomic E-state index is 0.114. The first-order valence-corrected chi connectivity index (χ1v) is 12.6. The normalized spacial score (nSPS) is 15.2. The summed E-state index contributed by atoms with van der Waals surface area (Å²) in [5.74, 6) is -0.503. The van der Waals surface area contributed by atoms with Gasteiger partial charge in [-0.3, -0.25) is 9.59 Å². The van der Waals surface area contributed by atoms with Gasteiger partial charge in [0, 0.05) is 24.2 Å². The molecular weight excluding hydrogens is 440 g/mol. The van der Waals surface area contributed by atoms with E-state index in [2.05, 4.69) is 10.4 Å². The fourth-order valence-corrected chi connectivity index (χ4v) is 5.60. The average molecular weight is 469 g/mol. The second kappa shape index (κ2) is 9.07. The molecule has 0 saturated carbocycles. The minimum atomic E-state index is -3.64. The van der Waals surface area contributed by atoms with Crippen LogP contribution in [0.2, 0.25) is 0 Å². The Morgan fingerprint density at radius 2 is 1.70 bits per heavy atom. The number of anilines is 1. The van der Waals surface area contributed by atoms with E-state index in [0.29, 0.717) is 29.5 Å². The quantitative estimate of drug-likeness (QED) is 0.615. The number of piperidine rings is 1. The number of nitrogens with one attached hydrogen (secondary N) is 1. The molecular formula is C24H28N4O4S. The van der Waals surface area contributed by atoms with E-state index < -0.39 is 15.9 Å². The van der Waals surface area contributed by atoms with Gasteiger partial charge in [-0.2, -0.15) is 9.40 Å². The summed E-state index contributed by atoms with van der Waals surface area (Å²) in [7, 11) is -3.64. The highest BCUT2D eigenvalue weighted by molar-refractivity contribution is 7.89. The van der Waals surface area contributed by atoms with E-state index in [1.807, 2.05) is 13.8 Å². The van der Waals surface area contributed by atoms with Gasteiger partial charge in [0.2, 0.25) is 10.0 Å². The molecule has 4 rings (SSSR count). The fourth-order valence-electron chi connectivity index (χ4n) is 4.06. The SMILES string of the molecule is Cc1ccc(S(=O)(=O)N2CCCCC2)cc1NC(=O)c1nn(C(C)C)c(=O)c2ccccc12. The molecule has 1 aromatic heterocycles. The number of sulfonamides is 1. The van der Waals surface area contributed by atoms with Crippen molar-refractivity contribution in [1.29, 1.82) is 0 Å². The van der Waals surface area contributed by atoms with E-state index in [1.54, 1.807) is 43.3 Å². The van der Waals surface area contributed by atoms with Crippen molar-refractivity contribution in [2.24, 2.45) is 0 Å². The summed E-state index contributed by atoms with van der Waals surface area (Å²) in [4.78, 5) is 26.2. The molecule has 0 radical (unpaired) electrons. The van der Waals surface area contributed by atoms with Gasteiger partial charge in [-0.25, -0.2) is 13.1 Å². The number of rotatable bonds is 5. The van der Waals surface area contributed by atoms with Crippen molar-refractivity contribution in [3.8, 4) is 0 Å². The molecule has 1 aliphatic heterocycles. The lowest BCUT2D eigenvalue weighted by molar-refractivity contribution is 0.102. The van der Waals surface area contributed by atoms with Crippen molar-refractivity contribution in [2.45, 2.75) is 51.0 Å². The number of nitrogens with zero attached hydrogens (tertiary/aromatic N) is 3. The van der Waals surface area contributed by atoms with Crippen LogP contribution in [0.4, 0.5) is 5.69 Å². The molecule has 8 nitrogen and oxygen atoms in total. The summed E-state index contributed by atoms with van der Waals surface area (Å²) in [5.41, 5.74) is 0.972. The van der Waals surface area contributed by atoms with Gasteiger partial charge < -0.3 is 5.32 Å².